The number of rotatable bonds is 15. The Hall–Kier alpha value is -5.37. The molecule has 4 rings (SSSR count). The number of anilines is 2. The van der Waals surface area contributed by atoms with Crippen molar-refractivity contribution in [2.24, 2.45) is 0 Å². The highest BCUT2D eigenvalue weighted by Gasteiger charge is 2.23. The molecule has 0 saturated heterocycles. The van der Waals surface area contributed by atoms with Crippen molar-refractivity contribution in [3.8, 4) is 11.5 Å². The van der Waals surface area contributed by atoms with Gasteiger partial charge in [0.25, 0.3) is 5.91 Å². The van der Waals surface area contributed by atoms with Crippen molar-refractivity contribution in [1.29, 1.82) is 0 Å². The van der Waals surface area contributed by atoms with Crippen molar-refractivity contribution < 1.29 is 28.6 Å². The lowest BCUT2D eigenvalue weighted by Gasteiger charge is -2.25. The Morgan fingerprint density at radius 2 is 1.51 bits per heavy atom. The van der Waals surface area contributed by atoms with Crippen LogP contribution in [0.4, 0.5) is 11.4 Å². The fraction of sp³-hybridized carbons (Fsp3) is 0.216. The molecule has 0 spiro atoms. The third kappa shape index (κ3) is 8.60. The van der Waals surface area contributed by atoms with Crippen molar-refractivity contribution in [1.82, 2.24) is 0 Å². The van der Waals surface area contributed by atoms with Gasteiger partial charge in [-0.2, -0.15) is 0 Å². The minimum Gasteiger partial charge on any atom is -0.495 e. The molecular weight excluding hydrogens is 568 g/mol. The van der Waals surface area contributed by atoms with Crippen LogP contribution in [0.5, 0.6) is 11.5 Å². The van der Waals surface area contributed by atoms with Crippen molar-refractivity contribution in [2.45, 2.75) is 25.8 Å². The molecule has 8 nitrogen and oxygen atoms in total. The molecule has 4 aromatic rings. The molecule has 232 valence electrons. The van der Waals surface area contributed by atoms with Gasteiger partial charge in [-0.15, -0.1) is 0 Å². The lowest BCUT2D eigenvalue weighted by Crippen LogP contribution is -2.33. The fourth-order valence-electron chi connectivity index (χ4n) is 4.86. The van der Waals surface area contributed by atoms with E-state index in [4.69, 9.17) is 14.2 Å². The zero-order valence-corrected chi connectivity index (χ0v) is 25.8. The smallest absolute Gasteiger partial charge is 0.328 e. The van der Waals surface area contributed by atoms with Gasteiger partial charge in [-0.1, -0.05) is 73.3 Å². The predicted molar refractivity (Wildman–Crippen MR) is 176 cm³/mol. The van der Waals surface area contributed by atoms with Gasteiger partial charge in [-0.05, 0) is 55.3 Å². The molecule has 0 bridgehead atoms. The molecule has 1 atom stereocenters. The van der Waals surface area contributed by atoms with Gasteiger partial charge < -0.3 is 24.4 Å². The zero-order valence-electron chi connectivity index (χ0n) is 25.8. The first-order valence-corrected chi connectivity index (χ1v) is 14.7. The van der Waals surface area contributed by atoms with Crippen LogP contribution in [0, 0.1) is 0 Å². The Balaban J connectivity index is 1.38. The van der Waals surface area contributed by atoms with E-state index in [-0.39, 0.29) is 11.7 Å². The van der Waals surface area contributed by atoms with E-state index in [1.54, 1.807) is 49.3 Å². The highest BCUT2D eigenvalue weighted by atomic mass is 16.5. The van der Waals surface area contributed by atoms with E-state index in [1.165, 1.54) is 7.11 Å². The van der Waals surface area contributed by atoms with Crippen LogP contribution in [-0.4, -0.2) is 51.1 Å². The van der Waals surface area contributed by atoms with E-state index in [9.17, 15) is 14.4 Å². The van der Waals surface area contributed by atoms with Gasteiger partial charge in [0.1, 0.15) is 17.5 Å². The first-order chi connectivity index (χ1) is 21.8. The maximum atomic E-state index is 13.2. The number of hydrogen-bond donors (Lipinski definition) is 1. The van der Waals surface area contributed by atoms with Crippen LogP contribution in [0.1, 0.15) is 34.8 Å². The summed E-state index contributed by atoms with van der Waals surface area (Å²) in [6.07, 6.45) is 0.909. The maximum Gasteiger partial charge on any atom is 0.328 e. The number of carbonyl (C=O) groups excluding carboxylic acids is 3. The quantitative estimate of drug-likeness (QED) is 0.0715. The Morgan fingerprint density at radius 1 is 0.844 bits per heavy atom. The van der Waals surface area contributed by atoms with Crippen molar-refractivity contribution in [3.63, 3.8) is 0 Å². The number of nitrogens with one attached hydrogen (secondary N) is 1. The molecule has 8 heteroatoms. The van der Waals surface area contributed by atoms with Crippen molar-refractivity contribution >= 4 is 29.0 Å². The molecule has 0 aliphatic carbocycles. The van der Waals surface area contributed by atoms with Crippen molar-refractivity contribution in [2.75, 3.05) is 37.6 Å². The standard InChI is InChI=1S/C37H38N2O6/c1-26(2)36(41)39(33-17-10-11-18-34(33)43-3)23-12-24-45-29-21-19-27(20-22-29)25-32(37(42)44-4)38-31-16-9-8-15-30(31)35(40)28-13-6-5-7-14-28/h5-11,13-22,32,38H,1,12,23-25H2,2-4H3/t32-/m0/s1. The molecule has 0 unspecified atom stereocenters. The summed E-state index contributed by atoms with van der Waals surface area (Å²) >= 11 is 0. The first kappa shape index (κ1) is 32.5. The van der Waals surface area contributed by atoms with Crippen LogP contribution in [-0.2, 0) is 20.7 Å². The van der Waals surface area contributed by atoms with Crippen LogP contribution >= 0.6 is 0 Å². The largest absolute Gasteiger partial charge is 0.495 e. The van der Waals surface area contributed by atoms with Gasteiger partial charge in [0.05, 0.1) is 26.5 Å². The van der Waals surface area contributed by atoms with Gasteiger partial charge in [-0.25, -0.2) is 4.79 Å². The van der Waals surface area contributed by atoms with Crippen LogP contribution in [0.3, 0.4) is 0 Å². The molecule has 45 heavy (non-hydrogen) atoms. The average molecular weight is 607 g/mol. The fourth-order valence-corrected chi connectivity index (χ4v) is 4.86. The number of hydrogen-bond acceptors (Lipinski definition) is 7. The van der Waals surface area contributed by atoms with E-state index in [1.807, 2.05) is 72.8 Å². The van der Waals surface area contributed by atoms with Gasteiger partial charge in [0.15, 0.2) is 5.78 Å². The van der Waals surface area contributed by atoms with E-state index >= 15 is 0 Å². The Bertz CT molecular complexity index is 1620. The number of methoxy groups -OCH3 is 2. The molecule has 0 heterocycles. The third-order valence-electron chi connectivity index (χ3n) is 7.17. The average Bonchev–Trinajstić information content (AvgIpc) is 3.08. The molecule has 4 aromatic carbocycles. The SMILES string of the molecule is C=C(C)C(=O)N(CCCOc1ccc(C[C@H](Nc2ccccc2C(=O)c2ccccc2)C(=O)OC)cc1)c1ccccc1OC. The molecule has 0 aromatic heterocycles. The summed E-state index contributed by atoms with van der Waals surface area (Å²) in [6.45, 7) is 6.30. The molecule has 0 saturated carbocycles. The number of ether oxygens (including phenoxy) is 3. The molecular formula is C37H38N2O6. The zero-order chi connectivity index (χ0) is 32.2. The number of esters is 1. The van der Waals surface area contributed by atoms with Gasteiger partial charge in [0.2, 0.25) is 0 Å². The molecule has 0 aliphatic heterocycles. The van der Waals surface area contributed by atoms with Crippen molar-refractivity contribution in [3.05, 3.63) is 132 Å². The Morgan fingerprint density at radius 3 is 2.20 bits per heavy atom. The second-order valence-corrected chi connectivity index (χ2v) is 10.4. The van der Waals surface area contributed by atoms with Gasteiger partial charge in [-0.3, -0.25) is 9.59 Å². The third-order valence-corrected chi connectivity index (χ3v) is 7.17. The van der Waals surface area contributed by atoms with Crippen LogP contribution in [0.2, 0.25) is 0 Å². The summed E-state index contributed by atoms with van der Waals surface area (Å²) < 4.78 is 16.5. The number of amides is 1. The highest BCUT2D eigenvalue weighted by molar-refractivity contribution is 6.12. The summed E-state index contributed by atoms with van der Waals surface area (Å²) in [5.41, 5.74) is 3.57. The Labute approximate surface area is 264 Å². The summed E-state index contributed by atoms with van der Waals surface area (Å²) in [5, 5.41) is 3.23. The summed E-state index contributed by atoms with van der Waals surface area (Å²) in [4.78, 5) is 40.5. The topological polar surface area (TPSA) is 94.2 Å². The molecule has 0 fully saturated rings. The van der Waals surface area contributed by atoms with Gasteiger partial charge in [0, 0.05) is 35.4 Å². The van der Waals surface area contributed by atoms with Crippen LogP contribution in [0.15, 0.2) is 115 Å². The highest BCUT2D eigenvalue weighted by Crippen LogP contribution is 2.29. The molecule has 1 N–H and O–H groups in total. The summed E-state index contributed by atoms with van der Waals surface area (Å²) in [5.74, 6) is 0.509. The van der Waals surface area contributed by atoms with E-state index in [2.05, 4.69) is 11.9 Å². The molecule has 1 amide bonds. The lowest BCUT2D eigenvalue weighted by molar-refractivity contribution is -0.141. The maximum absolute atomic E-state index is 13.2. The second kappa shape index (κ2) is 15.9. The number of para-hydroxylation sites is 3. The number of nitrogens with zero attached hydrogens (tertiary/aromatic N) is 1. The first-order valence-electron chi connectivity index (χ1n) is 14.7. The normalized spacial score (nSPS) is 11.2. The monoisotopic (exact) mass is 606 g/mol. The van der Waals surface area contributed by atoms with Crippen LogP contribution < -0.4 is 19.7 Å². The summed E-state index contributed by atoms with van der Waals surface area (Å²) in [7, 11) is 2.91. The number of carbonyl (C=O) groups is 3. The van der Waals surface area contributed by atoms with E-state index in [0.29, 0.717) is 65.6 Å². The van der Waals surface area contributed by atoms with Gasteiger partial charge >= 0.3 is 5.97 Å². The minimum absolute atomic E-state index is 0.140. The second-order valence-electron chi connectivity index (χ2n) is 10.4. The van der Waals surface area contributed by atoms with E-state index < -0.39 is 12.0 Å². The summed E-state index contributed by atoms with van der Waals surface area (Å²) in [6, 6.07) is 30.2. The predicted octanol–water partition coefficient (Wildman–Crippen LogP) is 6.50. The Kier molecular flexibility index (Phi) is 11.5. The minimum atomic E-state index is -0.724. The van der Waals surface area contributed by atoms with E-state index in [0.717, 1.165) is 5.56 Å². The molecule has 0 aliphatic rings. The lowest BCUT2D eigenvalue weighted by atomic mass is 10.00. The molecule has 0 radical (unpaired) electrons. The number of ketones is 1. The van der Waals surface area contributed by atoms with Crippen LogP contribution in [0.25, 0.3) is 0 Å². The number of benzene rings is 4.